The van der Waals surface area contributed by atoms with Crippen molar-refractivity contribution in [2.75, 3.05) is 24.7 Å². The van der Waals surface area contributed by atoms with Crippen LogP contribution in [0.15, 0.2) is 30.3 Å². The molecular formula is C23H29NO6S. The maximum atomic E-state index is 12.7. The van der Waals surface area contributed by atoms with Crippen LogP contribution in [0.4, 0.5) is 0 Å². The van der Waals surface area contributed by atoms with E-state index in [0.29, 0.717) is 30.7 Å². The lowest BCUT2D eigenvalue weighted by atomic mass is 10.1. The molecule has 1 aromatic heterocycles. The average molecular weight is 448 g/mol. The standard InChI is InChI=1S/C23H29NO6S/c1-4-29-22-8-6-5-7-18(22)9-10-23(26)30-14-21(25)20-13-16(2)24(17(20)3)19-11-12-31(27,28)15-19/h5-8,13,19H,4,9-12,14-15H2,1-3H3. The number of ketones is 1. The van der Waals surface area contributed by atoms with E-state index in [1.54, 1.807) is 13.0 Å². The number of rotatable bonds is 9. The lowest BCUT2D eigenvalue weighted by molar-refractivity contribution is -0.142. The summed E-state index contributed by atoms with van der Waals surface area (Å²) in [5.41, 5.74) is 2.94. The van der Waals surface area contributed by atoms with Crippen molar-refractivity contribution in [3.8, 4) is 5.75 Å². The summed E-state index contributed by atoms with van der Waals surface area (Å²) in [6.07, 6.45) is 1.16. The van der Waals surface area contributed by atoms with Crippen LogP contribution in [0.5, 0.6) is 5.75 Å². The van der Waals surface area contributed by atoms with E-state index in [9.17, 15) is 18.0 Å². The summed E-state index contributed by atoms with van der Waals surface area (Å²) in [6.45, 7) is 5.77. The zero-order valence-corrected chi connectivity index (χ0v) is 19.0. The molecule has 1 unspecified atom stereocenters. The number of carbonyl (C=O) groups excluding carboxylic acids is 2. The number of ether oxygens (including phenoxy) is 2. The maximum Gasteiger partial charge on any atom is 0.306 e. The highest BCUT2D eigenvalue weighted by Gasteiger charge is 2.31. The zero-order chi connectivity index (χ0) is 22.6. The predicted molar refractivity (Wildman–Crippen MR) is 117 cm³/mol. The van der Waals surface area contributed by atoms with Gasteiger partial charge in [0.25, 0.3) is 0 Å². The minimum absolute atomic E-state index is 0.0925. The summed E-state index contributed by atoms with van der Waals surface area (Å²) in [5, 5.41) is 0. The van der Waals surface area contributed by atoms with Crippen LogP contribution in [-0.4, -0.2) is 49.5 Å². The van der Waals surface area contributed by atoms with Gasteiger partial charge in [0.2, 0.25) is 5.78 Å². The van der Waals surface area contributed by atoms with Crippen molar-refractivity contribution < 1.29 is 27.5 Å². The zero-order valence-electron chi connectivity index (χ0n) is 18.2. The molecule has 0 spiro atoms. The number of hydrogen-bond donors (Lipinski definition) is 0. The lowest BCUT2D eigenvalue weighted by Gasteiger charge is -2.16. The summed E-state index contributed by atoms with van der Waals surface area (Å²) in [4.78, 5) is 24.8. The van der Waals surface area contributed by atoms with Gasteiger partial charge in [0.15, 0.2) is 16.4 Å². The first-order chi connectivity index (χ1) is 14.7. The van der Waals surface area contributed by atoms with Crippen molar-refractivity contribution in [1.82, 2.24) is 4.57 Å². The molecule has 1 aliphatic heterocycles. The van der Waals surface area contributed by atoms with Crippen molar-refractivity contribution in [3.05, 3.63) is 52.8 Å². The number of carbonyl (C=O) groups is 2. The van der Waals surface area contributed by atoms with Crippen LogP contribution >= 0.6 is 0 Å². The van der Waals surface area contributed by atoms with Crippen LogP contribution in [0.25, 0.3) is 0 Å². The van der Waals surface area contributed by atoms with Crippen LogP contribution < -0.4 is 4.74 Å². The summed E-state index contributed by atoms with van der Waals surface area (Å²) < 4.78 is 36.4. The van der Waals surface area contributed by atoms with Gasteiger partial charge in [-0.3, -0.25) is 9.59 Å². The number of benzene rings is 1. The van der Waals surface area contributed by atoms with E-state index in [4.69, 9.17) is 9.47 Å². The number of para-hydroxylation sites is 1. The molecule has 1 saturated heterocycles. The molecule has 7 nitrogen and oxygen atoms in total. The Morgan fingerprint density at radius 2 is 1.94 bits per heavy atom. The van der Waals surface area contributed by atoms with E-state index < -0.39 is 15.8 Å². The molecule has 3 rings (SSSR count). The molecule has 2 aromatic rings. The van der Waals surface area contributed by atoms with Gasteiger partial charge in [-0.25, -0.2) is 8.42 Å². The number of aromatic nitrogens is 1. The summed E-state index contributed by atoms with van der Waals surface area (Å²) in [6, 6.07) is 9.12. The molecule has 1 aliphatic rings. The average Bonchev–Trinajstić information content (AvgIpc) is 3.23. The minimum atomic E-state index is -3.03. The molecular weight excluding hydrogens is 418 g/mol. The third kappa shape index (κ3) is 5.55. The quantitative estimate of drug-likeness (QED) is 0.433. The number of Topliss-reactive ketones (excluding diaryl/α,β-unsaturated/α-hetero) is 1. The largest absolute Gasteiger partial charge is 0.494 e. The Labute approximate surface area is 183 Å². The van der Waals surface area contributed by atoms with E-state index in [1.165, 1.54) is 0 Å². The highest BCUT2D eigenvalue weighted by atomic mass is 32.2. The molecule has 0 N–H and O–H groups in total. The number of nitrogens with zero attached hydrogens (tertiary/aromatic N) is 1. The summed E-state index contributed by atoms with van der Waals surface area (Å²) >= 11 is 0. The van der Waals surface area contributed by atoms with E-state index in [1.807, 2.05) is 42.7 Å². The van der Waals surface area contributed by atoms with Gasteiger partial charge in [-0.15, -0.1) is 0 Å². The molecule has 0 radical (unpaired) electrons. The number of hydrogen-bond acceptors (Lipinski definition) is 6. The van der Waals surface area contributed by atoms with Gasteiger partial charge >= 0.3 is 5.97 Å². The Kier molecular flexibility index (Phi) is 7.20. The highest BCUT2D eigenvalue weighted by Crippen LogP contribution is 2.29. The minimum Gasteiger partial charge on any atom is -0.494 e. The normalized spacial score (nSPS) is 17.5. The topological polar surface area (TPSA) is 91.7 Å². The Morgan fingerprint density at radius 3 is 2.61 bits per heavy atom. The molecule has 0 amide bonds. The Balaban J connectivity index is 1.58. The third-order valence-electron chi connectivity index (χ3n) is 5.59. The molecule has 31 heavy (non-hydrogen) atoms. The van der Waals surface area contributed by atoms with Crippen molar-refractivity contribution >= 4 is 21.6 Å². The third-order valence-corrected chi connectivity index (χ3v) is 7.34. The van der Waals surface area contributed by atoms with Gasteiger partial charge in [0.1, 0.15) is 5.75 Å². The van der Waals surface area contributed by atoms with Crippen LogP contribution in [-0.2, 0) is 25.8 Å². The summed E-state index contributed by atoms with van der Waals surface area (Å²) in [5.74, 6) is 0.269. The Morgan fingerprint density at radius 1 is 1.19 bits per heavy atom. The van der Waals surface area contributed by atoms with Gasteiger partial charge in [-0.2, -0.15) is 0 Å². The second-order valence-electron chi connectivity index (χ2n) is 7.84. The second kappa shape index (κ2) is 9.68. The van der Waals surface area contributed by atoms with Gasteiger partial charge in [-0.1, -0.05) is 18.2 Å². The lowest BCUT2D eigenvalue weighted by Crippen LogP contribution is -2.17. The molecule has 168 valence electrons. The van der Waals surface area contributed by atoms with Crippen molar-refractivity contribution in [2.45, 2.75) is 46.1 Å². The van der Waals surface area contributed by atoms with E-state index >= 15 is 0 Å². The highest BCUT2D eigenvalue weighted by molar-refractivity contribution is 7.91. The van der Waals surface area contributed by atoms with Crippen molar-refractivity contribution in [3.63, 3.8) is 0 Å². The molecule has 1 fully saturated rings. The second-order valence-corrected chi connectivity index (χ2v) is 10.1. The van der Waals surface area contributed by atoms with E-state index in [0.717, 1.165) is 17.0 Å². The van der Waals surface area contributed by atoms with Crippen LogP contribution in [0.3, 0.4) is 0 Å². The molecule has 1 atom stereocenters. The molecule has 0 saturated carbocycles. The smallest absolute Gasteiger partial charge is 0.306 e. The Bertz CT molecular complexity index is 1070. The molecule has 2 heterocycles. The molecule has 8 heteroatoms. The molecule has 0 aliphatic carbocycles. The van der Waals surface area contributed by atoms with E-state index in [-0.39, 0.29) is 36.4 Å². The van der Waals surface area contributed by atoms with Crippen LogP contribution in [0.1, 0.15) is 53.1 Å². The first-order valence-electron chi connectivity index (χ1n) is 10.5. The predicted octanol–water partition coefficient (Wildman–Crippen LogP) is 3.22. The van der Waals surface area contributed by atoms with Crippen LogP contribution in [0, 0.1) is 13.8 Å². The monoisotopic (exact) mass is 447 g/mol. The SMILES string of the molecule is CCOc1ccccc1CCC(=O)OCC(=O)c1cc(C)n(C2CCS(=O)(=O)C2)c1C. The van der Waals surface area contributed by atoms with Gasteiger partial charge < -0.3 is 14.0 Å². The fourth-order valence-electron chi connectivity index (χ4n) is 4.14. The van der Waals surface area contributed by atoms with Crippen molar-refractivity contribution in [2.24, 2.45) is 0 Å². The van der Waals surface area contributed by atoms with Gasteiger partial charge in [0.05, 0.1) is 18.1 Å². The maximum absolute atomic E-state index is 12.7. The fourth-order valence-corrected chi connectivity index (χ4v) is 5.84. The van der Waals surface area contributed by atoms with Gasteiger partial charge in [-0.05, 0) is 51.3 Å². The van der Waals surface area contributed by atoms with Gasteiger partial charge in [0, 0.05) is 29.4 Å². The number of esters is 1. The van der Waals surface area contributed by atoms with Crippen LogP contribution in [0.2, 0.25) is 0 Å². The Hall–Kier alpha value is -2.61. The first-order valence-corrected chi connectivity index (χ1v) is 12.3. The molecule has 1 aromatic carbocycles. The fraction of sp³-hybridized carbons (Fsp3) is 0.478. The molecule has 0 bridgehead atoms. The van der Waals surface area contributed by atoms with Crippen molar-refractivity contribution in [1.29, 1.82) is 0 Å². The number of aryl methyl sites for hydroxylation is 2. The van der Waals surface area contributed by atoms with E-state index in [2.05, 4.69) is 0 Å². The summed E-state index contributed by atoms with van der Waals surface area (Å²) in [7, 11) is -3.03. The first kappa shape index (κ1) is 23.1. The number of sulfone groups is 1.